The van der Waals surface area contributed by atoms with Gasteiger partial charge in [-0.3, -0.25) is 4.79 Å². The Bertz CT molecular complexity index is 698. The number of carbonyl (C=O) groups is 1. The second-order valence-corrected chi connectivity index (χ2v) is 6.49. The number of ether oxygens (including phenoxy) is 1. The van der Waals surface area contributed by atoms with Crippen LogP contribution in [-0.2, 0) is 11.3 Å². The third-order valence-corrected chi connectivity index (χ3v) is 2.92. The SMILES string of the molecule is C=CCn1c(C(=O)/C=C(\O)OCC)cc2ccccc21.[Cl][Al][Cl]. The van der Waals surface area contributed by atoms with Gasteiger partial charge in [-0.1, -0.05) is 24.3 Å². The maximum Gasteiger partial charge on any atom is 0.495 e. The summed E-state index contributed by atoms with van der Waals surface area (Å²) in [5.74, 6) is -0.665. The Morgan fingerprint density at radius 1 is 1.43 bits per heavy atom. The van der Waals surface area contributed by atoms with Crippen LogP contribution in [0.25, 0.3) is 10.9 Å². The minimum Gasteiger partial charge on any atom is -0.481 e. The van der Waals surface area contributed by atoms with Gasteiger partial charge in [0.05, 0.1) is 18.4 Å². The molecule has 0 bridgehead atoms. The number of allylic oxidation sites excluding steroid dienone is 2. The van der Waals surface area contributed by atoms with Crippen molar-refractivity contribution in [3.8, 4) is 0 Å². The highest BCUT2D eigenvalue weighted by Crippen LogP contribution is 2.21. The third-order valence-electron chi connectivity index (χ3n) is 2.92. The van der Waals surface area contributed by atoms with Crippen LogP contribution in [-0.4, -0.2) is 35.4 Å². The molecule has 4 nitrogen and oxygen atoms in total. The quantitative estimate of drug-likeness (QED) is 0.269. The van der Waals surface area contributed by atoms with Crippen molar-refractivity contribution < 1.29 is 14.6 Å². The van der Waals surface area contributed by atoms with Gasteiger partial charge in [-0.05, 0) is 19.1 Å². The second-order valence-electron chi connectivity index (χ2n) is 4.35. The Morgan fingerprint density at radius 2 is 2.09 bits per heavy atom. The fraction of sp³-hybridized carbons (Fsp3) is 0.188. The van der Waals surface area contributed by atoms with Gasteiger partial charge in [-0.2, -0.15) is 0 Å². The van der Waals surface area contributed by atoms with Crippen LogP contribution in [0.1, 0.15) is 17.4 Å². The molecular formula is C16H17AlCl2NO3. The molecule has 0 saturated carbocycles. The number of hydrogen-bond acceptors (Lipinski definition) is 3. The molecule has 7 heteroatoms. The summed E-state index contributed by atoms with van der Waals surface area (Å²) in [6.45, 7) is 6.29. The number of aromatic nitrogens is 1. The van der Waals surface area contributed by atoms with Crippen molar-refractivity contribution in [3.63, 3.8) is 0 Å². The average molecular weight is 369 g/mol. The normalized spacial score (nSPS) is 10.7. The number of halogens is 2. The zero-order chi connectivity index (χ0) is 17.2. The van der Waals surface area contributed by atoms with Crippen LogP contribution < -0.4 is 0 Å². The van der Waals surface area contributed by atoms with Crippen LogP contribution in [0.5, 0.6) is 0 Å². The van der Waals surface area contributed by atoms with Gasteiger partial charge < -0.3 is 14.4 Å². The van der Waals surface area contributed by atoms with Gasteiger partial charge in [-0.25, -0.2) is 20.1 Å². The summed E-state index contributed by atoms with van der Waals surface area (Å²) in [4.78, 5) is 12.2. The van der Waals surface area contributed by atoms with Crippen LogP contribution in [0.15, 0.2) is 55.0 Å². The zero-order valence-corrected chi connectivity index (χ0v) is 15.4. The largest absolute Gasteiger partial charge is 0.495 e. The average Bonchev–Trinajstić information content (AvgIpc) is 2.88. The van der Waals surface area contributed by atoms with Crippen molar-refractivity contribution in [1.82, 2.24) is 4.57 Å². The Balaban J connectivity index is 0.000000816. The Kier molecular flexibility index (Phi) is 8.90. The number of para-hydroxylation sites is 1. The van der Waals surface area contributed by atoms with Gasteiger partial charge in [0.15, 0.2) is 0 Å². The summed E-state index contributed by atoms with van der Waals surface area (Å²) in [6.07, 6.45) is 2.83. The van der Waals surface area contributed by atoms with Gasteiger partial charge in [0.25, 0.3) is 5.95 Å². The molecule has 121 valence electrons. The summed E-state index contributed by atoms with van der Waals surface area (Å²) in [7, 11) is 9.69. The second kappa shape index (κ2) is 10.4. The maximum atomic E-state index is 12.2. The minimum atomic E-state index is -0.368. The highest BCUT2D eigenvalue weighted by molar-refractivity contribution is 7.22. The number of fused-ring (bicyclic) bond motifs is 1. The first-order chi connectivity index (χ1) is 11.1. The maximum absolute atomic E-state index is 12.2. The predicted octanol–water partition coefficient (Wildman–Crippen LogP) is 4.44. The number of aliphatic hydroxyl groups excluding tert-OH is 1. The predicted molar refractivity (Wildman–Crippen MR) is 96.3 cm³/mol. The van der Waals surface area contributed by atoms with Gasteiger partial charge in [0.1, 0.15) is 0 Å². The van der Waals surface area contributed by atoms with Crippen molar-refractivity contribution in [2.45, 2.75) is 13.5 Å². The van der Waals surface area contributed by atoms with E-state index >= 15 is 0 Å². The molecule has 23 heavy (non-hydrogen) atoms. The summed E-state index contributed by atoms with van der Waals surface area (Å²) in [5, 5.41) is 10.4. The van der Waals surface area contributed by atoms with E-state index in [0.29, 0.717) is 18.8 Å². The number of rotatable bonds is 6. The molecule has 0 unspecified atom stereocenters. The molecule has 0 aliphatic heterocycles. The zero-order valence-electron chi connectivity index (χ0n) is 12.7. The molecular weight excluding hydrogens is 352 g/mol. The molecule has 0 aliphatic carbocycles. The van der Waals surface area contributed by atoms with E-state index in [9.17, 15) is 9.90 Å². The number of hydrogen-bond donors (Lipinski definition) is 1. The molecule has 0 atom stereocenters. The van der Waals surface area contributed by atoms with E-state index in [1.165, 1.54) is 0 Å². The van der Waals surface area contributed by atoms with Gasteiger partial charge >= 0.3 is 13.4 Å². The molecule has 0 spiro atoms. The lowest BCUT2D eigenvalue weighted by Crippen LogP contribution is -2.07. The molecule has 1 radical (unpaired) electrons. The lowest BCUT2D eigenvalue weighted by atomic mass is 10.2. The highest BCUT2D eigenvalue weighted by Gasteiger charge is 2.14. The van der Waals surface area contributed by atoms with Crippen LogP contribution in [0, 0.1) is 0 Å². The van der Waals surface area contributed by atoms with Crippen molar-refractivity contribution in [3.05, 3.63) is 60.7 Å². The molecule has 1 aromatic carbocycles. The molecule has 0 aliphatic rings. The first kappa shape index (κ1) is 19.7. The van der Waals surface area contributed by atoms with Crippen molar-refractivity contribution in [2.75, 3.05) is 6.61 Å². The third kappa shape index (κ3) is 5.64. The molecule has 0 amide bonds. The summed E-state index contributed by atoms with van der Waals surface area (Å²) in [6, 6.07) is 9.53. The van der Waals surface area contributed by atoms with E-state index in [1.807, 2.05) is 28.8 Å². The number of ketones is 1. The number of aliphatic hydroxyl groups is 1. The summed E-state index contributed by atoms with van der Waals surface area (Å²) >= 11 is -0.306. The number of carbonyl (C=O) groups excluding carboxylic acids is 1. The Labute approximate surface area is 150 Å². The fourth-order valence-corrected chi connectivity index (χ4v) is 2.12. The first-order valence-corrected chi connectivity index (χ1v) is 10.4. The van der Waals surface area contributed by atoms with Crippen molar-refractivity contribution in [1.29, 1.82) is 0 Å². The van der Waals surface area contributed by atoms with Gasteiger partial charge in [0, 0.05) is 17.4 Å². The van der Waals surface area contributed by atoms with Crippen LogP contribution in [0.4, 0.5) is 0 Å². The monoisotopic (exact) mass is 368 g/mol. The topological polar surface area (TPSA) is 51.5 Å². The molecule has 1 heterocycles. The molecule has 2 rings (SSSR count). The van der Waals surface area contributed by atoms with Gasteiger partial charge in [-0.15, -0.1) is 6.58 Å². The molecule has 0 saturated heterocycles. The molecule has 1 N–H and O–H groups in total. The first-order valence-electron chi connectivity index (χ1n) is 6.88. The number of nitrogens with zero attached hydrogens (tertiary/aromatic N) is 1. The van der Waals surface area contributed by atoms with E-state index < -0.39 is 0 Å². The standard InChI is InChI=1S/C16H17NO3.Al.2ClH/c1-3-9-17-13-8-6-5-7-12(13)10-14(17)15(18)11-16(19)20-4-2;;;/h3,5-8,10-11,19H,1,4,9H2,2H3;;2*1H/q;+2;;/p-2/b16-11+;;;. The van der Waals surface area contributed by atoms with E-state index in [4.69, 9.17) is 24.8 Å². The smallest absolute Gasteiger partial charge is 0.481 e. The minimum absolute atomic E-state index is 0.297. The molecule has 2 aromatic rings. The van der Waals surface area contributed by atoms with Crippen LogP contribution in [0.3, 0.4) is 0 Å². The van der Waals surface area contributed by atoms with Crippen molar-refractivity contribution >= 4 is 50.2 Å². The van der Waals surface area contributed by atoms with Crippen LogP contribution >= 0.6 is 20.1 Å². The fourth-order valence-electron chi connectivity index (χ4n) is 2.12. The lowest BCUT2D eigenvalue weighted by Gasteiger charge is -2.06. The van der Waals surface area contributed by atoms with Gasteiger partial charge in [0.2, 0.25) is 5.78 Å². The summed E-state index contributed by atoms with van der Waals surface area (Å²) in [5.41, 5.74) is 1.46. The Hall–Kier alpha value is -1.38. The summed E-state index contributed by atoms with van der Waals surface area (Å²) < 4.78 is 6.74. The van der Waals surface area contributed by atoms with E-state index in [2.05, 4.69) is 6.58 Å². The van der Waals surface area contributed by atoms with E-state index in [-0.39, 0.29) is 25.1 Å². The molecule has 0 fully saturated rings. The van der Waals surface area contributed by atoms with E-state index in [1.54, 1.807) is 19.1 Å². The Morgan fingerprint density at radius 3 is 2.70 bits per heavy atom. The van der Waals surface area contributed by atoms with Crippen molar-refractivity contribution in [2.24, 2.45) is 0 Å². The van der Waals surface area contributed by atoms with E-state index in [0.717, 1.165) is 17.0 Å². The number of benzene rings is 1. The van der Waals surface area contributed by atoms with Crippen LogP contribution in [0.2, 0.25) is 0 Å². The lowest BCUT2D eigenvalue weighted by molar-refractivity contribution is 0.0916. The molecule has 1 aromatic heterocycles. The highest BCUT2D eigenvalue weighted by atomic mass is 35.7.